The number of ether oxygens (including phenoxy) is 3. The summed E-state index contributed by atoms with van der Waals surface area (Å²) in [7, 11) is 0. The first-order valence-corrected chi connectivity index (χ1v) is 20.0. The van der Waals surface area contributed by atoms with Gasteiger partial charge < -0.3 is 148 Å². The summed E-state index contributed by atoms with van der Waals surface area (Å²) in [6.45, 7) is -2.87. The van der Waals surface area contributed by atoms with Gasteiger partial charge in [0.1, 0.15) is 33.6 Å². The molecule has 0 saturated carbocycles. The van der Waals surface area contributed by atoms with Crippen molar-refractivity contribution in [2.45, 2.75) is 111 Å². The Labute approximate surface area is 485 Å². The Morgan fingerprint density at radius 2 is 0.342 bits per heavy atom. The third-order valence-electron chi connectivity index (χ3n) is 10.1. The van der Waals surface area contributed by atoms with Crippen molar-refractivity contribution in [1.29, 1.82) is 0 Å². The first-order valence-electron chi connectivity index (χ1n) is 20.0. The molecule has 0 aliphatic rings. The van der Waals surface area contributed by atoms with Crippen LogP contribution >= 0.6 is 0 Å². The van der Waals surface area contributed by atoms with Crippen LogP contribution in [0, 0.1) is 0 Å². The number of carbonyl (C=O) groups is 12. The van der Waals surface area contributed by atoms with E-state index in [-0.39, 0.29) is 88.1 Å². The van der Waals surface area contributed by atoms with Crippen molar-refractivity contribution in [2.24, 2.45) is 35.4 Å². The fraction of sp³-hybridized carbons (Fsp3) is 0.667. The summed E-state index contributed by atoms with van der Waals surface area (Å²) in [5, 5.41) is 133. The van der Waals surface area contributed by atoms with E-state index >= 15 is 0 Å². The van der Waals surface area contributed by atoms with Crippen molar-refractivity contribution < 1.29 is 230 Å². The van der Waals surface area contributed by atoms with E-state index in [1.807, 2.05) is 0 Å². The standard InChI is InChI=1S/3C12H20N2O11.4Fe/c3*13-24-2-1-23-11(3-7(15)16,4-8(17)18)12(25-14,5-9(19)20)6-10(21)22;;;;/h3*1-6,13-14H2,(H,15,16)(H,17,18)(H,19,20)(H,21,22);;;;/q;;;4*+3/p-12. The van der Waals surface area contributed by atoms with E-state index in [4.69, 9.17) is 49.6 Å². The summed E-state index contributed by atoms with van der Waals surface area (Å²) < 4.78 is 15.3. The van der Waals surface area contributed by atoms with Gasteiger partial charge in [0.25, 0.3) is 0 Å². The van der Waals surface area contributed by atoms with Crippen LogP contribution in [0.3, 0.4) is 0 Å². The molecule has 12 N–H and O–H groups in total. The summed E-state index contributed by atoms with van der Waals surface area (Å²) in [5.41, 5.74) is -16.0. The average molecular weight is 1320 g/mol. The van der Waals surface area contributed by atoms with Crippen LogP contribution in [0.1, 0.15) is 77.0 Å². The van der Waals surface area contributed by atoms with Gasteiger partial charge in [0, 0.05) is 149 Å². The number of carbonyl (C=O) groups excluding carboxylic acids is 12. The molecular formula is C36H48Fe4N6O33. The number of aliphatic carboxylic acids is 12. The van der Waals surface area contributed by atoms with Gasteiger partial charge in [0.05, 0.1) is 39.6 Å². The summed E-state index contributed by atoms with van der Waals surface area (Å²) in [6.07, 6.45) is -15.8. The van der Waals surface area contributed by atoms with Crippen molar-refractivity contribution in [3.63, 3.8) is 0 Å². The van der Waals surface area contributed by atoms with Gasteiger partial charge in [-0.15, -0.1) is 0 Å². The minimum atomic E-state index is -2.70. The molecule has 0 aromatic carbocycles. The smallest absolute Gasteiger partial charge is 0.550 e. The van der Waals surface area contributed by atoms with Crippen LogP contribution in [0.25, 0.3) is 0 Å². The fourth-order valence-electron chi connectivity index (χ4n) is 7.23. The predicted molar refractivity (Wildman–Crippen MR) is 196 cm³/mol. The zero-order chi connectivity index (χ0) is 59.0. The molecule has 0 aromatic rings. The molecule has 0 fully saturated rings. The van der Waals surface area contributed by atoms with Crippen LogP contribution in [0.15, 0.2) is 0 Å². The summed E-state index contributed by atoms with van der Waals surface area (Å²) in [6, 6.07) is 0. The number of carboxylic acid groups (broad SMARTS) is 12. The molecule has 0 amide bonds. The molecule has 4 radical (unpaired) electrons. The third kappa shape index (κ3) is 31.1. The van der Waals surface area contributed by atoms with Crippen LogP contribution in [-0.2, 0) is 169 Å². The Bertz CT molecular complexity index is 1660. The first-order chi connectivity index (χ1) is 34.6. The quantitative estimate of drug-likeness (QED) is 0.0188. The van der Waals surface area contributed by atoms with Crippen LogP contribution in [0.2, 0.25) is 0 Å². The van der Waals surface area contributed by atoms with E-state index in [9.17, 15) is 119 Å². The molecule has 0 spiro atoms. The molecule has 0 atom stereocenters. The molecule has 39 nitrogen and oxygen atoms in total. The van der Waals surface area contributed by atoms with Gasteiger partial charge in [-0.2, -0.15) is 0 Å². The SMILES string of the molecule is NOCCOC(CC(=O)[O-])(CC(=O)[O-])C(CC(=O)[O-])(CC(=O)[O-])ON.NOCCOC(CC(=O)[O-])(CC(=O)[O-])C(CC(=O)[O-])(CC(=O)[O-])ON.NOCCOC(CC(=O)[O-])(CC(=O)[O-])C(CC(=O)[O-])(CC(=O)[O-])ON.[Fe+3].[Fe+3].[Fe+3].[Fe+3]. The zero-order valence-corrected chi connectivity index (χ0v) is 44.5. The maximum absolute atomic E-state index is 11.1. The molecule has 0 unspecified atom stereocenters. The van der Waals surface area contributed by atoms with Crippen LogP contribution in [0.5, 0.6) is 0 Å². The maximum Gasteiger partial charge on any atom is 3.00 e. The topological polar surface area (TPSA) is 721 Å². The van der Waals surface area contributed by atoms with Crippen LogP contribution in [0.4, 0.5) is 0 Å². The second kappa shape index (κ2) is 42.9. The molecule has 43 heteroatoms. The largest absolute Gasteiger partial charge is 3.00 e. The number of nitrogens with two attached hydrogens (primary N) is 6. The van der Waals surface area contributed by atoms with Crippen molar-refractivity contribution in [3.8, 4) is 0 Å². The molecule has 79 heavy (non-hydrogen) atoms. The van der Waals surface area contributed by atoms with E-state index in [1.165, 1.54) is 0 Å². The Morgan fingerprint density at radius 3 is 0.430 bits per heavy atom. The van der Waals surface area contributed by atoms with Gasteiger partial charge in [-0.25, -0.2) is 35.4 Å². The number of hydrogen-bond donors (Lipinski definition) is 6. The number of hydrogen-bond acceptors (Lipinski definition) is 39. The van der Waals surface area contributed by atoms with Gasteiger partial charge in [-0.1, -0.05) is 0 Å². The molecule has 0 bridgehead atoms. The number of rotatable bonds is 42. The Hall–Kier alpha value is -4.88. The van der Waals surface area contributed by atoms with Crippen LogP contribution < -0.4 is 96.7 Å². The van der Waals surface area contributed by atoms with Gasteiger partial charge in [-0.3, -0.25) is 14.5 Å². The monoisotopic (exact) mass is 1320 g/mol. The second-order valence-corrected chi connectivity index (χ2v) is 15.1. The summed E-state index contributed by atoms with van der Waals surface area (Å²) in [4.78, 5) is 158. The molecule has 0 aromatic heterocycles. The van der Waals surface area contributed by atoms with Gasteiger partial charge in [-0.05, 0) is 0 Å². The van der Waals surface area contributed by atoms with E-state index in [1.54, 1.807) is 0 Å². The third-order valence-corrected chi connectivity index (χ3v) is 10.1. The Kier molecular flexibility index (Phi) is 47.8. The van der Waals surface area contributed by atoms with Gasteiger partial charge in [0.2, 0.25) is 0 Å². The molecule has 452 valence electrons. The average Bonchev–Trinajstić information content (AvgIpc) is 3.23. The Morgan fingerprint density at radius 1 is 0.228 bits per heavy atom. The van der Waals surface area contributed by atoms with E-state index in [0.29, 0.717) is 0 Å². The molecule has 0 aliphatic heterocycles. The van der Waals surface area contributed by atoms with Gasteiger partial charge in [0.15, 0.2) is 0 Å². The zero-order valence-electron chi connectivity index (χ0n) is 40.1. The maximum atomic E-state index is 11.1. The summed E-state index contributed by atoms with van der Waals surface area (Å²) >= 11 is 0. The normalized spacial score (nSPS) is 11.3. The first kappa shape index (κ1) is 88.0. The second-order valence-electron chi connectivity index (χ2n) is 15.1. The molecule has 0 rings (SSSR count). The number of carboxylic acids is 12. The molecule has 0 heterocycles. The van der Waals surface area contributed by atoms with Crippen molar-refractivity contribution in [3.05, 3.63) is 0 Å². The van der Waals surface area contributed by atoms with E-state index < -0.39 is 202 Å². The predicted octanol–water partition coefficient (Wildman–Crippen LogP) is -21.5. The van der Waals surface area contributed by atoms with E-state index in [0.717, 1.165) is 0 Å². The minimum Gasteiger partial charge on any atom is -0.550 e. The van der Waals surface area contributed by atoms with Crippen molar-refractivity contribution in [1.82, 2.24) is 0 Å². The molecule has 0 saturated heterocycles. The Balaban J connectivity index is -0.000000192. The molecular weight excluding hydrogens is 1270 g/mol. The van der Waals surface area contributed by atoms with Crippen molar-refractivity contribution in [2.75, 3.05) is 39.6 Å². The fourth-order valence-corrected chi connectivity index (χ4v) is 7.23. The van der Waals surface area contributed by atoms with Gasteiger partial charge >= 0.3 is 68.3 Å². The summed E-state index contributed by atoms with van der Waals surface area (Å²) in [5.74, 6) is 6.29. The van der Waals surface area contributed by atoms with Crippen molar-refractivity contribution >= 4 is 71.6 Å². The van der Waals surface area contributed by atoms with E-state index in [2.05, 4.69) is 29.0 Å². The minimum absolute atomic E-state index is 0. The molecule has 0 aliphatic carbocycles. The van der Waals surface area contributed by atoms with Crippen LogP contribution in [-0.4, -0.2) is 145 Å².